The lowest BCUT2D eigenvalue weighted by Gasteiger charge is -2.28. The first kappa shape index (κ1) is 8.56. The fourth-order valence-electron chi connectivity index (χ4n) is 1.42. The molecule has 0 aliphatic carbocycles. The Balaban J connectivity index is 2.41. The van der Waals surface area contributed by atoms with Gasteiger partial charge in [-0.1, -0.05) is 0 Å². The van der Waals surface area contributed by atoms with Crippen LogP contribution in [-0.2, 0) is 0 Å². The van der Waals surface area contributed by atoms with Crippen molar-refractivity contribution in [3.63, 3.8) is 0 Å². The molecule has 0 atom stereocenters. The van der Waals surface area contributed by atoms with Gasteiger partial charge in [0.25, 0.3) is 0 Å². The molecule has 3 nitrogen and oxygen atoms in total. The zero-order chi connectivity index (χ0) is 9.42. The summed E-state index contributed by atoms with van der Waals surface area (Å²) in [7, 11) is 0. The monoisotopic (exact) mass is 239 g/mol. The second-order valence-corrected chi connectivity index (χ2v) is 4.04. The van der Waals surface area contributed by atoms with E-state index in [4.69, 9.17) is 5.73 Å². The van der Waals surface area contributed by atoms with Crippen molar-refractivity contribution in [2.45, 2.75) is 6.92 Å². The van der Waals surface area contributed by atoms with Crippen LogP contribution in [0, 0.1) is 0 Å². The average molecular weight is 240 g/mol. The van der Waals surface area contributed by atoms with Gasteiger partial charge in [-0.3, -0.25) is 0 Å². The molecule has 13 heavy (non-hydrogen) atoms. The predicted octanol–water partition coefficient (Wildman–Crippen LogP) is 1.70. The molecule has 0 aromatic rings. The molecule has 2 aliphatic heterocycles. The van der Waals surface area contributed by atoms with Gasteiger partial charge >= 0.3 is 0 Å². The van der Waals surface area contributed by atoms with Crippen LogP contribution in [0.2, 0.25) is 0 Å². The lowest BCUT2D eigenvalue weighted by molar-refractivity contribution is 0.585. The largest absolute Gasteiger partial charge is 0.399 e. The number of nitrogens with zero attached hydrogens (tertiary/aromatic N) is 2. The zero-order valence-corrected chi connectivity index (χ0v) is 8.87. The van der Waals surface area contributed by atoms with Gasteiger partial charge < -0.3 is 10.6 Å². The number of rotatable bonds is 0. The number of aliphatic imine (C=N–C) groups is 1. The van der Waals surface area contributed by atoms with Crippen LogP contribution in [0.25, 0.3) is 0 Å². The second-order valence-electron chi connectivity index (χ2n) is 3.13. The van der Waals surface area contributed by atoms with E-state index in [9.17, 15) is 0 Å². The zero-order valence-electron chi connectivity index (χ0n) is 7.29. The van der Waals surface area contributed by atoms with Crippen molar-refractivity contribution in [3.8, 4) is 0 Å². The summed E-state index contributed by atoms with van der Waals surface area (Å²) in [5.41, 5.74) is 7.62. The van der Waals surface area contributed by atoms with Gasteiger partial charge in [-0.2, -0.15) is 0 Å². The lowest BCUT2D eigenvalue weighted by atomic mass is 10.1. The van der Waals surface area contributed by atoms with E-state index < -0.39 is 0 Å². The molecule has 68 valence electrons. The van der Waals surface area contributed by atoms with E-state index in [1.165, 1.54) is 0 Å². The van der Waals surface area contributed by atoms with E-state index in [2.05, 4.69) is 20.9 Å². The number of amidine groups is 1. The molecule has 2 rings (SSSR count). The van der Waals surface area contributed by atoms with E-state index in [1.54, 1.807) is 6.20 Å². The second kappa shape index (κ2) is 3.03. The summed E-state index contributed by atoms with van der Waals surface area (Å²) in [5.74, 6) is 0.984. The molecule has 0 bridgehead atoms. The number of allylic oxidation sites excluding steroid dienone is 2. The summed E-state index contributed by atoms with van der Waals surface area (Å²) in [6.07, 6.45) is 5.76. The maximum Gasteiger partial charge on any atom is 0.135 e. The standard InChI is InChI=1S/C9H10BrN3/c1-6-2-7(10)4-13-5-8(11)3-12-9(6)13/h2-4H,5,11H2,1H3. The number of hydrogen-bond acceptors (Lipinski definition) is 3. The van der Waals surface area contributed by atoms with Gasteiger partial charge in [0.2, 0.25) is 0 Å². The Kier molecular flexibility index (Phi) is 2.00. The van der Waals surface area contributed by atoms with Gasteiger partial charge in [-0.05, 0) is 34.5 Å². The van der Waals surface area contributed by atoms with E-state index in [0.29, 0.717) is 0 Å². The van der Waals surface area contributed by atoms with Crippen LogP contribution in [0.4, 0.5) is 0 Å². The highest BCUT2D eigenvalue weighted by Gasteiger charge is 2.18. The molecule has 0 amide bonds. The minimum atomic E-state index is 0.721. The number of nitrogens with two attached hydrogens (primary N) is 1. The molecule has 0 fully saturated rings. The highest BCUT2D eigenvalue weighted by molar-refractivity contribution is 9.11. The number of halogens is 1. The van der Waals surface area contributed by atoms with Crippen molar-refractivity contribution in [2.75, 3.05) is 6.54 Å². The molecular weight excluding hydrogens is 230 g/mol. The topological polar surface area (TPSA) is 41.6 Å². The summed E-state index contributed by atoms with van der Waals surface area (Å²) < 4.78 is 1.05. The molecule has 2 heterocycles. The van der Waals surface area contributed by atoms with Crippen molar-refractivity contribution in [1.29, 1.82) is 0 Å². The van der Waals surface area contributed by atoms with E-state index in [-0.39, 0.29) is 0 Å². The van der Waals surface area contributed by atoms with Crippen LogP contribution in [0.3, 0.4) is 0 Å². The third-order valence-electron chi connectivity index (χ3n) is 1.96. The molecule has 0 unspecified atom stereocenters. The maximum absolute atomic E-state index is 5.68. The Morgan fingerprint density at radius 3 is 3.15 bits per heavy atom. The van der Waals surface area contributed by atoms with Gasteiger partial charge in [0.15, 0.2) is 0 Å². The molecule has 2 aliphatic rings. The first-order chi connectivity index (χ1) is 6.16. The average Bonchev–Trinajstić information content (AvgIpc) is 2.02. The normalized spacial score (nSPS) is 21.2. The van der Waals surface area contributed by atoms with Crippen LogP contribution >= 0.6 is 15.9 Å². The van der Waals surface area contributed by atoms with Crippen molar-refractivity contribution in [3.05, 3.63) is 34.2 Å². The maximum atomic E-state index is 5.68. The Labute approximate surface area is 85.4 Å². The summed E-state index contributed by atoms with van der Waals surface area (Å²) in [6.45, 7) is 2.76. The van der Waals surface area contributed by atoms with Crippen molar-refractivity contribution in [1.82, 2.24) is 4.90 Å². The minimum Gasteiger partial charge on any atom is -0.399 e. The predicted molar refractivity (Wildman–Crippen MR) is 57.2 cm³/mol. The summed E-state index contributed by atoms with van der Waals surface area (Å²) in [4.78, 5) is 6.31. The molecule has 0 radical (unpaired) electrons. The van der Waals surface area contributed by atoms with Crippen LogP contribution in [0.15, 0.2) is 39.2 Å². The SMILES string of the molecule is CC1=CC(Br)=CN2CC(N)=CN=C12. The van der Waals surface area contributed by atoms with E-state index in [0.717, 1.165) is 28.1 Å². The molecule has 0 spiro atoms. The molecule has 0 saturated carbocycles. The summed E-state index contributed by atoms with van der Waals surface area (Å²) >= 11 is 3.44. The van der Waals surface area contributed by atoms with Gasteiger partial charge in [0.05, 0.1) is 6.54 Å². The Bertz CT molecular complexity index is 363. The van der Waals surface area contributed by atoms with Gasteiger partial charge in [-0.15, -0.1) is 0 Å². The molecule has 2 N–H and O–H groups in total. The first-order valence-corrected chi connectivity index (χ1v) is 4.81. The van der Waals surface area contributed by atoms with Crippen LogP contribution in [-0.4, -0.2) is 17.3 Å². The smallest absolute Gasteiger partial charge is 0.135 e. The third kappa shape index (κ3) is 1.54. The molecule has 0 aromatic carbocycles. The highest BCUT2D eigenvalue weighted by atomic mass is 79.9. The van der Waals surface area contributed by atoms with Crippen LogP contribution < -0.4 is 5.73 Å². The Morgan fingerprint density at radius 1 is 1.62 bits per heavy atom. The van der Waals surface area contributed by atoms with Crippen molar-refractivity contribution in [2.24, 2.45) is 10.7 Å². The summed E-state index contributed by atoms with van der Waals surface area (Å²) in [6, 6.07) is 0. The quantitative estimate of drug-likeness (QED) is 0.700. The van der Waals surface area contributed by atoms with E-state index >= 15 is 0 Å². The van der Waals surface area contributed by atoms with E-state index in [1.807, 2.05) is 24.1 Å². The fraction of sp³-hybridized carbons (Fsp3) is 0.222. The minimum absolute atomic E-state index is 0.721. The van der Waals surface area contributed by atoms with Gasteiger partial charge in [0.1, 0.15) is 5.84 Å². The molecule has 0 aromatic heterocycles. The highest BCUT2D eigenvalue weighted by Crippen LogP contribution is 2.22. The van der Waals surface area contributed by atoms with Crippen molar-refractivity contribution < 1.29 is 0 Å². The number of hydrogen-bond donors (Lipinski definition) is 1. The molecule has 4 heteroatoms. The molecule has 0 saturated heterocycles. The summed E-state index contributed by atoms with van der Waals surface area (Å²) in [5, 5.41) is 0. The Morgan fingerprint density at radius 2 is 2.38 bits per heavy atom. The Hall–Kier alpha value is -1.03. The van der Waals surface area contributed by atoms with Gasteiger partial charge in [-0.25, -0.2) is 4.99 Å². The van der Waals surface area contributed by atoms with Gasteiger partial charge in [0, 0.05) is 22.6 Å². The molecular formula is C9H10BrN3. The number of fused-ring (bicyclic) bond motifs is 1. The first-order valence-electron chi connectivity index (χ1n) is 4.02. The third-order valence-corrected chi connectivity index (χ3v) is 2.40. The lowest BCUT2D eigenvalue weighted by Crippen LogP contribution is -2.34. The van der Waals surface area contributed by atoms with Crippen molar-refractivity contribution >= 4 is 21.8 Å². The fourth-order valence-corrected chi connectivity index (χ4v) is 2.01. The van der Waals surface area contributed by atoms with Crippen LogP contribution in [0.5, 0.6) is 0 Å². The van der Waals surface area contributed by atoms with Crippen LogP contribution in [0.1, 0.15) is 6.92 Å².